The topological polar surface area (TPSA) is 17.3 Å². The smallest absolute Gasteiger partial charge is 0.0659 e. The first-order valence-electron chi connectivity index (χ1n) is 7.71. The van der Waals surface area contributed by atoms with Crippen LogP contribution in [0.15, 0.2) is 58.0 Å². The second-order valence-corrected chi connectivity index (χ2v) is 7.18. The van der Waals surface area contributed by atoms with Gasteiger partial charge in [-0.05, 0) is 74.9 Å². The van der Waals surface area contributed by atoms with E-state index in [1.54, 1.807) is 0 Å². The van der Waals surface area contributed by atoms with Crippen LogP contribution < -0.4 is 0 Å². The average molecular weight is 402 g/mol. The van der Waals surface area contributed by atoms with Crippen molar-refractivity contribution in [2.75, 3.05) is 0 Å². The molecule has 0 spiro atoms. The SMILES string of the molecule is Cc1cc(Br)ccc1N=Cc1cc(C)n(-c2ccc(Cl)cc2)c1C. The van der Waals surface area contributed by atoms with E-state index in [1.807, 2.05) is 42.6 Å². The molecule has 0 radical (unpaired) electrons. The van der Waals surface area contributed by atoms with Crippen molar-refractivity contribution < 1.29 is 0 Å². The van der Waals surface area contributed by atoms with Crippen LogP contribution in [0.5, 0.6) is 0 Å². The number of aryl methyl sites for hydroxylation is 2. The molecular weight excluding hydrogens is 384 g/mol. The molecule has 0 aliphatic rings. The van der Waals surface area contributed by atoms with Gasteiger partial charge in [0.2, 0.25) is 0 Å². The lowest BCUT2D eigenvalue weighted by Gasteiger charge is -2.09. The Balaban J connectivity index is 1.97. The van der Waals surface area contributed by atoms with Crippen LogP contribution in [0.3, 0.4) is 0 Å². The number of aliphatic imine (C=N–C) groups is 1. The molecule has 1 heterocycles. The number of rotatable bonds is 3. The van der Waals surface area contributed by atoms with E-state index in [4.69, 9.17) is 11.6 Å². The summed E-state index contributed by atoms with van der Waals surface area (Å²) in [6, 6.07) is 16.1. The van der Waals surface area contributed by atoms with E-state index in [0.29, 0.717) is 0 Å². The summed E-state index contributed by atoms with van der Waals surface area (Å²) in [6.07, 6.45) is 1.94. The number of hydrogen-bond donors (Lipinski definition) is 0. The Hall–Kier alpha value is -1.84. The molecule has 24 heavy (non-hydrogen) atoms. The number of hydrogen-bond acceptors (Lipinski definition) is 1. The summed E-state index contributed by atoms with van der Waals surface area (Å²) in [4.78, 5) is 4.66. The maximum atomic E-state index is 5.99. The zero-order valence-corrected chi connectivity index (χ0v) is 16.2. The predicted octanol–water partition coefficient (Wildman–Crippen LogP) is 6.57. The number of halogens is 2. The lowest BCUT2D eigenvalue weighted by molar-refractivity contribution is 0.965. The zero-order chi connectivity index (χ0) is 17.3. The molecule has 2 aromatic carbocycles. The normalized spacial score (nSPS) is 11.4. The highest BCUT2D eigenvalue weighted by Crippen LogP contribution is 2.24. The molecule has 1 aromatic heterocycles. The van der Waals surface area contributed by atoms with Crippen molar-refractivity contribution in [3.8, 4) is 5.69 Å². The molecule has 0 atom stereocenters. The fraction of sp³-hybridized carbons (Fsp3) is 0.150. The van der Waals surface area contributed by atoms with E-state index in [1.165, 1.54) is 5.69 Å². The van der Waals surface area contributed by atoms with E-state index < -0.39 is 0 Å². The summed E-state index contributed by atoms with van der Waals surface area (Å²) in [5.74, 6) is 0. The summed E-state index contributed by atoms with van der Waals surface area (Å²) in [7, 11) is 0. The summed E-state index contributed by atoms with van der Waals surface area (Å²) in [6.45, 7) is 6.27. The maximum Gasteiger partial charge on any atom is 0.0659 e. The van der Waals surface area contributed by atoms with Crippen molar-refractivity contribution in [2.45, 2.75) is 20.8 Å². The van der Waals surface area contributed by atoms with Crippen LogP contribution in [-0.2, 0) is 0 Å². The second-order valence-electron chi connectivity index (χ2n) is 5.83. The van der Waals surface area contributed by atoms with E-state index in [9.17, 15) is 0 Å². The van der Waals surface area contributed by atoms with Crippen LogP contribution in [0.1, 0.15) is 22.5 Å². The van der Waals surface area contributed by atoms with Gasteiger partial charge in [0, 0.05) is 38.3 Å². The Bertz CT molecular complexity index is 908. The van der Waals surface area contributed by atoms with Gasteiger partial charge in [-0.2, -0.15) is 0 Å². The minimum Gasteiger partial charge on any atom is -0.318 e. The molecule has 0 unspecified atom stereocenters. The lowest BCUT2D eigenvalue weighted by atomic mass is 10.2. The monoisotopic (exact) mass is 400 g/mol. The first-order valence-corrected chi connectivity index (χ1v) is 8.88. The van der Waals surface area contributed by atoms with Gasteiger partial charge in [-0.1, -0.05) is 27.5 Å². The van der Waals surface area contributed by atoms with E-state index in [-0.39, 0.29) is 0 Å². The number of benzene rings is 2. The number of aromatic nitrogens is 1. The largest absolute Gasteiger partial charge is 0.318 e. The van der Waals surface area contributed by atoms with Gasteiger partial charge in [-0.25, -0.2) is 0 Å². The summed E-state index contributed by atoms with van der Waals surface area (Å²) in [5, 5.41) is 0.744. The Morgan fingerprint density at radius 3 is 2.38 bits per heavy atom. The second kappa shape index (κ2) is 6.96. The van der Waals surface area contributed by atoms with Crippen LogP contribution in [0.25, 0.3) is 5.69 Å². The first-order chi connectivity index (χ1) is 11.5. The molecule has 0 saturated carbocycles. The molecule has 0 bridgehead atoms. The molecule has 122 valence electrons. The van der Waals surface area contributed by atoms with E-state index >= 15 is 0 Å². The van der Waals surface area contributed by atoms with Gasteiger partial charge < -0.3 is 4.57 Å². The molecule has 4 heteroatoms. The first kappa shape index (κ1) is 17.0. The van der Waals surface area contributed by atoms with Crippen molar-refractivity contribution in [1.29, 1.82) is 0 Å². The van der Waals surface area contributed by atoms with Gasteiger partial charge in [-0.3, -0.25) is 4.99 Å². The molecule has 0 aliphatic heterocycles. The molecular formula is C20H18BrClN2. The van der Waals surface area contributed by atoms with Crippen molar-refractivity contribution >= 4 is 39.4 Å². The van der Waals surface area contributed by atoms with Crippen LogP contribution in [0.4, 0.5) is 5.69 Å². The molecule has 3 aromatic rings. The molecule has 0 saturated heterocycles. The Morgan fingerprint density at radius 2 is 1.71 bits per heavy atom. The van der Waals surface area contributed by atoms with Gasteiger partial charge >= 0.3 is 0 Å². The van der Waals surface area contributed by atoms with Crippen LogP contribution in [0.2, 0.25) is 5.02 Å². The van der Waals surface area contributed by atoms with Crippen molar-refractivity contribution in [1.82, 2.24) is 4.57 Å². The third-order valence-electron chi connectivity index (χ3n) is 4.06. The molecule has 2 nitrogen and oxygen atoms in total. The Kier molecular flexibility index (Phi) is 4.93. The molecule has 0 amide bonds. The highest BCUT2D eigenvalue weighted by Gasteiger charge is 2.09. The highest BCUT2D eigenvalue weighted by molar-refractivity contribution is 9.10. The van der Waals surface area contributed by atoms with Gasteiger partial charge in [0.15, 0.2) is 0 Å². The minimum atomic E-state index is 0.744. The third kappa shape index (κ3) is 3.47. The summed E-state index contributed by atoms with van der Waals surface area (Å²) in [5.41, 5.74) is 6.68. The summed E-state index contributed by atoms with van der Waals surface area (Å²) < 4.78 is 3.28. The molecule has 0 N–H and O–H groups in total. The van der Waals surface area contributed by atoms with E-state index in [2.05, 4.69) is 58.4 Å². The van der Waals surface area contributed by atoms with Crippen LogP contribution in [0, 0.1) is 20.8 Å². The molecule has 0 aliphatic carbocycles. The molecule has 3 rings (SSSR count). The van der Waals surface area contributed by atoms with Crippen LogP contribution in [-0.4, -0.2) is 10.8 Å². The Morgan fingerprint density at radius 1 is 1.00 bits per heavy atom. The van der Waals surface area contributed by atoms with Crippen molar-refractivity contribution in [2.24, 2.45) is 4.99 Å². The zero-order valence-electron chi connectivity index (χ0n) is 13.8. The standard InChI is InChI=1S/C20H18BrClN2/c1-13-10-17(21)4-9-20(13)23-12-16-11-14(2)24(15(16)3)19-7-5-18(22)6-8-19/h4-12H,1-3H3. The predicted molar refractivity (Wildman–Crippen MR) is 106 cm³/mol. The minimum absolute atomic E-state index is 0.744. The van der Waals surface area contributed by atoms with Gasteiger partial charge in [0.25, 0.3) is 0 Å². The number of nitrogens with zero attached hydrogens (tertiary/aromatic N) is 2. The highest BCUT2D eigenvalue weighted by atomic mass is 79.9. The van der Waals surface area contributed by atoms with Gasteiger partial charge in [0.1, 0.15) is 0 Å². The summed E-state index contributed by atoms with van der Waals surface area (Å²) >= 11 is 9.48. The average Bonchev–Trinajstić information content (AvgIpc) is 2.82. The van der Waals surface area contributed by atoms with Crippen molar-refractivity contribution in [3.05, 3.63) is 80.5 Å². The Labute approximate surface area is 155 Å². The van der Waals surface area contributed by atoms with Crippen LogP contribution >= 0.6 is 27.5 Å². The van der Waals surface area contributed by atoms with Gasteiger partial charge in [0.05, 0.1) is 5.69 Å². The lowest BCUT2D eigenvalue weighted by Crippen LogP contribution is -1.99. The quantitative estimate of drug-likeness (QED) is 0.442. The molecule has 0 fully saturated rings. The maximum absolute atomic E-state index is 5.99. The van der Waals surface area contributed by atoms with E-state index in [0.717, 1.165) is 37.7 Å². The fourth-order valence-corrected chi connectivity index (χ4v) is 3.41. The third-order valence-corrected chi connectivity index (χ3v) is 4.80. The van der Waals surface area contributed by atoms with Crippen molar-refractivity contribution in [3.63, 3.8) is 0 Å². The fourth-order valence-electron chi connectivity index (χ4n) is 2.81. The van der Waals surface area contributed by atoms with Gasteiger partial charge in [-0.15, -0.1) is 0 Å².